The zero-order valence-electron chi connectivity index (χ0n) is 15.4. The van der Waals surface area contributed by atoms with Gasteiger partial charge in [0, 0.05) is 38.1 Å². The molecule has 0 spiro atoms. The molecule has 0 aliphatic carbocycles. The van der Waals surface area contributed by atoms with Crippen LogP contribution in [0, 0.1) is 6.92 Å². The number of amides is 1. The van der Waals surface area contributed by atoms with Crippen molar-refractivity contribution in [2.24, 2.45) is 0 Å². The largest absolute Gasteiger partial charge is 0.462 e. The first-order valence-corrected chi connectivity index (χ1v) is 10.1. The number of hydrogen-bond acceptors (Lipinski definition) is 5. The van der Waals surface area contributed by atoms with Crippen molar-refractivity contribution in [3.05, 3.63) is 64.9 Å². The van der Waals surface area contributed by atoms with E-state index in [1.165, 1.54) is 5.56 Å². The minimum atomic E-state index is 0.215. The molecule has 1 aromatic carbocycles. The Labute approximate surface area is 163 Å². The smallest absolute Gasteiger partial charge is 0.227 e. The minimum Gasteiger partial charge on any atom is -0.462 e. The lowest BCUT2D eigenvalue weighted by atomic mass is 10.1. The molecule has 4 rings (SSSR count). The molecule has 1 amide bonds. The molecule has 2 aromatic heterocycles. The van der Waals surface area contributed by atoms with Gasteiger partial charge in [0.05, 0.1) is 18.4 Å². The molecule has 1 aliphatic heterocycles. The standard InChI is InChI=1S/C21H23N3O2S/c1-16-4-6-17(7-5-16)13-20(25)24-10-8-23(9-11-24)14-18-15-27-21(22-18)19-3-2-12-26-19/h2-7,12,15H,8-11,13-14H2,1H3. The second-order valence-electron chi connectivity index (χ2n) is 6.94. The van der Waals surface area contributed by atoms with Crippen molar-refractivity contribution >= 4 is 17.2 Å². The van der Waals surface area contributed by atoms with E-state index in [0.29, 0.717) is 6.42 Å². The number of rotatable bonds is 5. The van der Waals surface area contributed by atoms with E-state index in [4.69, 9.17) is 4.42 Å². The van der Waals surface area contributed by atoms with Crippen LogP contribution < -0.4 is 0 Å². The van der Waals surface area contributed by atoms with Gasteiger partial charge < -0.3 is 9.32 Å². The molecule has 0 saturated carbocycles. The van der Waals surface area contributed by atoms with E-state index in [2.05, 4.69) is 34.3 Å². The lowest BCUT2D eigenvalue weighted by molar-refractivity contribution is -0.132. The molecule has 0 bridgehead atoms. The van der Waals surface area contributed by atoms with E-state index in [0.717, 1.165) is 54.7 Å². The maximum Gasteiger partial charge on any atom is 0.227 e. The normalized spacial score (nSPS) is 15.2. The van der Waals surface area contributed by atoms with Gasteiger partial charge in [-0.15, -0.1) is 11.3 Å². The molecule has 1 saturated heterocycles. The number of piperazine rings is 1. The summed E-state index contributed by atoms with van der Waals surface area (Å²) in [4.78, 5) is 21.5. The first-order chi connectivity index (χ1) is 13.2. The lowest BCUT2D eigenvalue weighted by Crippen LogP contribution is -2.48. The highest BCUT2D eigenvalue weighted by molar-refractivity contribution is 7.13. The summed E-state index contributed by atoms with van der Waals surface area (Å²) in [6.45, 7) is 6.20. The Morgan fingerprint density at radius 2 is 1.93 bits per heavy atom. The van der Waals surface area contributed by atoms with Gasteiger partial charge in [0.15, 0.2) is 10.8 Å². The summed E-state index contributed by atoms with van der Waals surface area (Å²) in [5.74, 6) is 1.03. The fourth-order valence-electron chi connectivity index (χ4n) is 3.27. The van der Waals surface area contributed by atoms with E-state index < -0.39 is 0 Å². The second kappa shape index (κ2) is 8.06. The molecule has 0 atom stereocenters. The number of nitrogens with zero attached hydrogens (tertiary/aromatic N) is 3. The lowest BCUT2D eigenvalue weighted by Gasteiger charge is -2.34. The minimum absolute atomic E-state index is 0.215. The number of benzene rings is 1. The van der Waals surface area contributed by atoms with E-state index >= 15 is 0 Å². The van der Waals surface area contributed by atoms with Crippen molar-refractivity contribution in [1.29, 1.82) is 0 Å². The van der Waals surface area contributed by atoms with E-state index in [9.17, 15) is 4.79 Å². The summed E-state index contributed by atoms with van der Waals surface area (Å²) in [6, 6.07) is 12.0. The molecule has 1 aliphatic rings. The van der Waals surface area contributed by atoms with Crippen molar-refractivity contribution in [2.75, 3.05) is 26.2 Å². The van der Waals surface area contributed by atoms with Crippen LogP contribution in [-0.4, -0.2) is 46.9 Å². The van der Waals surface area contributed by atoms with Crippen LogP contribution in [-0.2, 0) is 17.8 Å². The summed E-state index contributed by atoms with van der Waals surface area (Å²) in [6.07, 6.45) is 2.15. The fourth-order valence-corrected chi connectivity index (χ4v) is 4.05. The van der Waals surface area contributed by atoms with Crippen molar-refractivity contribution in [1.82, 2.24) is 14.8 Å². The van der Waals surface area contributed by atoms with Crippen LogP contribution in [0.2, 0.25) is 0 Å². The van der Waals surface area contributed by atoms with E-state index in [1.807, 2.05) is 29.2 Å². The Bertz CT molecular complexity index is 879. The third-order valence-corrected chi connectivity index (χ3v) is 5.78. The van der Waals surface area contributed by atoms with Crippen molar-refractivity contribution in [2.45, 2.75) is 19.9 Å². The maximum atomic E-state index is 12.5. The first kappa shape index (κ1) is 17.9. The van der Waals surface area contributed by atoms with E-state index in [-0.39, 0.29) is 5.91 Å². The maximum absolute atomic E-state index is 12.5. The molecule has 140 valence electrons. The van der Waals surface area contributed by atoms with Crippen molar-refractivity contribution in [3.8, 4) is 10.8 Å². The highest BCUT2D eigenvalue weighted by atomic mass is 32.1. The number of aromatic nitrogens is 1. The number of carbonyl (C=O) groups is 1. The highest BCUT2D eigenvalue weighted by Gasteiger charge is 2.22. The van der Waals surface area contributed by atoms with Crippen LogP contribution in [0.3, 0.4) is 0 Å². The zero-order chi connectivity index (χ0) is 18.6. The molecule has 0 N–H and O–H groups in total. The molecule has 27 heavy (non-hydrogen) atoms. The number of hydrogen-bond donors (Lipinski definition) is 0. The summed E-state index contributed by atoms with van der Waals surface area (Å²) in [5.41, 5.74) is 3.36. The number of furan rings is 1. The topological polar surface area (TPSA) is 49.6 Å². The van der Waals surface area contributed by atoms with Gasteiger partial charge in [-0.2, -0.15) is 0 Å². The Hall–Kier alpha value is -2.44. The molecule has 0 radical (unpaired) electrons. The SMILES string of the molecule is Cc1ccc(CC(=O)N2CCN(Cc3csc(-c4ccco4)n3)CC2)cc1. The van der Waals surface area contributed by atoms with Gasteiger partial charge in [-0.1, -0.05) is 29.8 Å². The number of aryl methyl sites for hydroxylation is 1. The van der Waals surface area contributed by atoms with Crippen LogP contribution in [0.1, 0.15) is 16.8 Å². The van der Waals surface area contributed by atoms with E-state index in [1.54, 1.807) is 17.6 Å². The monoisotopic (exact) mass is 381 g/mol. The molecule has 5 nitrogen and oxygen atoms in total. The molecule has 1 fully saturated rings. The second-order valence-corrected chi connectivity index (χ2v) is 7.80. The molecule has 3 aromatic rings. The predicted molar refractivity (Wildman–Crippen MR) is 107 cm³/mol. The van der Waals surface area contributed by atoms with Gasteiger partial charge in [-0.05, 0) is 24.6 Å². The first-order valence-electron chi connectivity index (χ1n) is 9.21. The predicted octanol–water partition coefficient (Wildman–Crippen LogP) is 3.60. The summed E-state index contributed by atoms with van der Waals surface area (Å²) >= 11 is 1.61. The quantitative estimate of drug-likeness (QED) is 0.678. The zero-order valence-corrected chi connectivity index (χ0v) is 16.2. The molecular formula is C21H23N3O2S. The summed E-state index contributed by atoms with van der Waals surface area (Å²) in [7, 11) is 0. The Morgan fingerprint density at radius 3 is 2.63 bits per heavy atom. The van der Waals surface area contributed by atoms with Crippen molar-refractivity contribution < 1.29 is 9.21 Å². The average molecular weight is 382 g/mol. The van der Waals surface area contributed by atoms with Gasteiger partial charge in [-0.25, -0.2) is 4.98 Å². The number of thiazole rings is 1. The van der Waals surface area contributed by atoms with Crippen LogP contribution in [0.5, 0.6) is 0 Å². The van der Waals surface area contributed by atoms with Gasteiger partial charge in [0.1, 0.15) is 0 Å². The molecule has 0 unspecified atom stereocenters. The van der Waals surface area contributed by atoms with Crippen LogP contribution in [0.25, 0.3) is 10.8 Å². The molecule has 6 heteroatoms. The summed E-state index contributed by atoms with van der Waals surface area (Å²) in [5, 5.41) is 3.01. The molecular weight excluding hydrogens is 358 g/mol. The summed E-state index contributed by atoms with van der Waals surface area (Å²) < 4.78 is 5.41. The average Bonchev–Trinajstić information content (AvgIpc) is 3.36. The van der Waals surface area contributed by atoms with Gasteiger partial charge in [0.2, 0.25) is 5.91 Å². The highest BCUT2D eigenvalue weighted by Crippen LogP contribution is 2.24. The number of carbonyl (C=O) groups excluding carboxylic acids is 1. The third kappa shape index (κ3) is 4.46. The Balaban J connectivity index is 1.27. The third-order valence-electron chi connectivity index (χ3n) is 4.87. The molecule has 3 heterocycles. The Morgan fingerprint density at radius 1 is 1.15 bits per heavy atom. The van der Waals surface area contributed by atoms with Gasteiger partial charge >= 0.3 is 0 Å². The van der Waals surface area contributed by atoms with Crippen molar-refractivity contribution in [3.63, 3.8) is 0 Å². The van der Waals surface area contributed by atoms with Crippen LogP contribution in [0.4, 0.5) is 0 Å². The Kier molecular flexibility index (Phi) is 5.36. The van der Waals surface area contributed by atoms with Crippen LogP contribution in [0.15, 0.2) is 52.5 Å². The fraction of sp³-hybridized carbons (Fsp3) is 0.333. The van der Waals surface area contributed by atoms with Gasteiger partial charge in [0.25, 0.3) is 0 Å². The van der Waals surface area contributed by atoms with Gasteiger partial charge in [-0.3, -0.25) is 9.69 Å². The van der Waals surface area contributed by atoms with Crippen LogP contribution >= 0.6 is 11.3 Å².